The number of methoxy groups -OCH3 is 1. The highest BCUT2D eigenvalue weighted by molar-refractivity contribution is 6.01. The number of amides is 1. The number of nitrogens with one attached hydrogen (secondary N) is 1. The smallest absolute Gasteiger partial charge is 0.268 e. The molecular formula is C24H22N2O4. The fourth-order valence-corrected chi connectivity index (χ4v) is 3.73. The standard InChI is InChI=1S/C24H22N2O4/c1-30-18-12-10-17(11-13-18)26-21-8-5-9-22(27)19(21)14-20(24(26)29)23(28)25-15-16-6-3-2-4-7-16/h2-4,6-7,10-14H,5,8-9,15H2,1H3,(H,25,28). The zero-order valence-corrected chi connectivity index (χ0v) is 16.7. The SMILES string of the molecule is COc1ccc(-n2c3c(cc(C(=O)NCc4ccccc4)c2=O)C(=O)CCC3)cc1. The number of benzene rings is 2. The molecule has 4 rings (SSSR count). The number of rotatable bonds is 5. The zero-order valence-electron chi connectivity index (χ0n) is 16.7. The lowest BCUT2D eigenvalue weighted by Crippen LogP contribution is -2.35. The summed E-state index contributed by atoms with van der Waals surface area (Å²) in [6.45, 7) is 0.298. The van der Waals surface area contributed by atoms with Gasteiger partial charge in [-0.25, -0.2) is 0 Å². The molecule has 3 aromatic rings. The van der Waals surface area contributed by atoms with Crippen molar-refractivity contribution in [3.8, 4) is 11.4 Å². The lowest BCUT2D eigenvalue weighted by Gasteiger charge is -2.21. The number of fused-ring (bicyclic) bond motifs is 1. The van der Waals surface area contributed by atoms with E-state index in [0.717, 1.165) is 5.56 Å². The van der Waals surface area contributed by atoms with E-state index in [-0.39, 0.29) is 11.3 Å². The molecular weight excluding hydrogens is 380 g/mol. The Morgan fingerprint density at radius 1 is 1.03 bits per heavy atom. The highest BCUT2D eigenvalue weighted by atomic mass is 16.5. The van der Waals surface area contributed by atoms with Gasteiger partial charge in [-0.3, -0.25) is 19.0 Å². The minimum atomic E-state index is -0.493. The Morgan fingerprint density at radius 2 is 1.77 bits per heavy atom. The average Bonchev–Trinajstić information content (AvgIpc) is 2.78. The highest BCUT2D eigenvalue weighted by Gasteiger charge is 2.26. The second-order valence-electron chi connectivity index (χ2n) is 7.20. The summed E-state index contributed by atoms with van der Waals surface area (Å²) < 4.78 is 6.68. The normalized spacial score (nSPS) is 12.9. The highest BCUT2D eigenvalue weighted by Crippen LogP contribution is 2.24. The van der Waals surface area contributed by atoms with Gasteiger partial charge in [0.15, 0.2) is 5.78 Å². The number of ketones is 1. The molecule has 6 nitrogen and oxygen atoms in total. The first-order chi connectivity index (χ1) is 14.6. The van der Waals surface area contributed by atoms with Gasteiger partial charge in [0.2, 0.25) is 0 Å². The fraction of sp³-hybridized carbons (Fsp3) is 0.208. The minimum absolute atomic E-state index is 0.0317. The van der Waals surface area contributed by atoms with Crippen LogP contribution in [-0.4, -0.2) is 23.4 Å². The Labute approximate surface area is 174 Å². The van der Waals surface area contributed by atoms with Crippen molar-refractivity contribution in [1.29, 1.82) is 0 Å². The molecule has 1 N–H and O–H groups in total. The Bertz CT molecular complexity index is 1150. The molecule has 0 atom stereocenters. The van der Waals surface area contributed by atoms with E-state index < -0.39 is 11.5 Å². The molecule has 0 saturated carbocycles. The van der Waals surface area contributed by atoms with Crippen LogP contribution in [0, 0.1) is 0 Å². The van der Waals surface area contributed by atoms with Crippen LogP contribution in [0.5, 0.6) is 5.75 Å². The Kier molecular flexibility index (Phi) is 5.48. The first-order valence-electron chi connectivity index (χ1n) is 9.87. The summed E-state index contributed by atoms with van der Waals surface area (Å²) in [5.41, 5.74) is 2.16. The predicted octanol–water partition coefficient (Wildman–Crippen LogP) is 3.30. The third kappa shape index (κ3) is 3.76. The van der Waals surface area contributed by atoms with E-state index in [2.05, 4.69) is 5.32 Å². The van der Waals surface area contributed by atoms with E-state index in [1.54, 1.807) is 31.4 Å². The monoisotopic (exact) mass is 402 g/mol. The topological polar surface area (TPSA) is 77.4 Å². The quantitative estimate of drug-likeness (QED) is 0.710. The summed E-state index contributed by atoms with van der Waals surface area (Å²) >= 11 is 0. The molecule has 1 aliphatic rings. The number of hydrogen-bond donors (Lipinski definition) is 1. The first kappa shape index (κ1) is 19.6. The molecule has 0 unspecified atom stereocenters. The summed E-state index contributed by atoms with van der Waals surface area (Å²) in [4.78, 5) is 38.7. The van der Waals surface area contributed by atoms with Crippen LogP contribution in [0.4, 0.5) is 0 Å². The number of aromatic nitrogens is 1. The van der Waals surface area contributed by atoms with E-state index in [4.69, 9.17) is 4.74 Å². The molecule has 0 aliphatic heterocycles. The van der Waals surface area contributed by atoms with Crippen LogP contribution >= 0.6 is 0 Å². The number of carbonyl (C=O) groups is 2. The van der Waals surface area contributed by atoms with Gasteiger partial charge in [-0.1, -0.05) is 30.3 Å². The Hall–Kier alpha value is -3.67. The molecule has 1 amide bonds. The molecule has 0 bridgehead atoms. The average molecular weight is 402 g/mol. The lowest BCUT2D eigenvalue weighted by atomic mass is 9.92. The van der Waals surface area contributed by atoms with Crippen LogP contribution in [0.15, 0.2) is 65.5 Å². The number of nitrogens with zero attached hydrogens (tertiary/aromatic N) is 1. The predicted molar refractivity (Wildman–Crippen MR) is 113 cm³/mol. The van der Waals surface area contributed by atoms with Crippen LogP contribution in [0.25, 0.3) is 5.69 Å². The van der Waals surface area contributed by atoms with Crippen LogP contribution in [0.3, 0.4) is 0 Å². The van der Waals surface area contributed by atoms with Gasteiger partial charge in [-0.15, -0.1) is 0 Å². The van der Waals surface area contributed by atoms with Gasteiger partial charge in [0.25, 0.3) is 11.5 Å². The molecule has 0 radical (unpaired) electrons. The fourth-order valence-electron chi connectivity index (χ4n) is 3.73. The van der Waals surface area contributed by atoms with Crippen molar-refractivity contribution >= 4 is 11.7 Å². The molecule has 0 saturated heterocycles. The van der Waals surface area contributed by atoms with Crippen molar-refractivity contribution in [2.24, 2.45) is 0 Å². The van der Waals surface area contributed by atoms with Gasteiger partial charge in [-0.05, 0) is 48.7 Å². The van der Waals surface area contributed by atoms with Crippen molar-refractivity contribution in [2.45, 2.75) is 25.8 Å². The lowest BCUT2D eigenvalue weighted by molar-refractivity contribution is 0.0949. The first-order valence-corrected chi connectivity index (χ1v) is 9.87. The molecule has 30 heavy (non-hydrogen) atoms. The molecule has 2 aromatic carbocycles. The van der Waals surface area contributed by atoms with Gasteiger partial charge in [0.1, 0.15) is 11.3 Å². The van der Waals surface area contributed by atoms with Crippen LogP contribution in [0.2, 0.25) is 0 Å². The molecule has 0 spiro atoms. The summed E-state index contributed by atoms with van der Waals surface area (Å²) in [6.07, 6.45) is 1.70. The second kappa shape index (κ2) is 8.37. The minimum Gasteiger partial charge on any atom is -0.497 e. The number of hydrogen-bond acceptors (Lipinski definition) is 4. The van der Waals surface area contributed by atoms with E-state index in [0.29, 0.717) is 48.5 Å². The van der Waals surface area contributed by atoms with Crippen molar-refractivity contribution in [3.05, 3.63) is 93.4 Å². The number of ether oxygens (including phenoxy) is 1. The van der Waals surface area contributed by atoms with Crippen molar-refractivity contribution in [3.63, 3.8) is 0 Å². The van der Waals surface area contributed by atoms with Crippen LogP contribution < -0.4 is 15.6 Å². The number of Topliss-reactive ketones (excluding diaryl/α,β-unsaturated/α-hetero) is 1. The van der Waals surface area contributed by atoms with Crippen LogP contribution in [-0.2, 0) is 13.0 Å². The summed E-state index contributed by atoms with van der Waals surface area (Å²) in [7, 11) is 1.57. The maximum Gasteiger partial charge on any atom is 0.268 e. The zero-order chi connectivity index (χ0) is 21.1. The summed E-state index contributed by atoms with van der Waals surface area (Å²) in [5, 5.41) is 2.79. The number of carbonyl (C=O) groups excluding carboxylic acids is 2. The van der Waals surface area contributed by atoms with E-state index >= 15 is 0 Å². The van der Waals surface area contributed by atoms with Gasteiger partial charge in [0, 0.05) is 29.9 Å². The molecule has 1 heterocycles. The molecule has 0 fully saturated rings. The molecule has 1 aromatic heterocycles. The largest absolute Gasteiger partial charge is 0.497 e. The Balaban J connectivity index is 1.77. The molecule has 152 valence electrons. The second-order valence-corrected chi connectivity index (χ2v) is 7.20. The van der Waals surface area contributed by atoms with Crippen molar-refractivity contribution < 1.29 is 14.3 Å². The van der Waals surface area contributed by atoms with Gasteiger partial charge >= 0.3 is 0 Å². The third-order valence-electron chi connectivity index (χ3n) is 5.29. The maximum absolute atomic E-state index is 13.3. The maximum atomic E-state index is 13.3. The third-order valence-corrected chi connectivity index (χ3v) is 5.29. The van der Waals surface area contributed by atoms with Crippen LogP contribution in [0.1, 0.15) is 44.8 Å². The van der Waals surface area contributed by atoms with Gasteiger partial charge in [-0.2, -0.15) is 0 Å². The molecule has 6 heteroatoms. The van der Waals surface area contributed by atoms with Gasteiger partial charge < -0.3 is 10.1 Å². The summed E-state index contributed by atoms with van der Waals surface area (Å²) in [5.74, 6) is 0.122. The molecule has 1 aliphatic carbocycles. The summed E-state index contributed by atoms with van der Waals surface area (Å²) in [6, 6.07) is 17.9. The van der Waals surface area contributed by atoms with E-state index in [1.807, 2.05) is 30.3 Å². The van der Waals surface area contributed by atoms with E-state index in [1.165, 1.54) is 10.6 Å². The van der Waals surface area contributed by atoms with Crippen molar-refractivity contribution in [2.75, 3.05) is 7.11 Å². The van der Waals surface area contributed by atoms with Gasteiger partial charge in [0.05, 0.1) is 7.11 Å². The number of pyridine rings is 1. The van der Waals surface area contributed by atoms with E-state index in [9.17, 15) is 14.4 Å². The van der Waals surface area contributed by atoms with Crippen molar-refractivity contribution in [1.82, 2.24) is 9.88 Å². The Morgan fingerprint density at radius 3 is 2.47 bits per heavy atom.